The Labute approximate surface area is 82.8 Å². The molecule has 1 aromatic heterocycles. The molecule has 0 saturated heterocycles. The molecule has 0 atom stereocenters. The third kappa shape index (κ3) is 1.83. The van der Waals surface area contributed by atoms with Gasteiger partial charge in [-0.05, 0) is 18.2 Å². The van der Waals surface area contributed by atoms with Gasteiger partial charge in [0.15, 0.2) is 0 Å². The third-order valence-corrected chi connectivity index (χ3v) is 1.93. The van der Waals surface area contributed by atoms with Gasteiger partial charge in [-0.25, -0.2) is 9.97 Å². The van der Waals surface area contributed by atoms with Crippen molar-refractivity contribution >= 4 is 16.9 Å². The van der Waals surface area contributed by atoms with Crippen LogP contribution in [0, 0.1) is 0 Å². The summed E-state index contributed by atoms with van der Waals surface area (Å²) >= 11 is 0. The van der Waals surface area contributed by atoms with Crippen LogP contribution in [0.1, 0.15) is 5.56 Å². The van der Waals surface area contributed by atoms with Gasteiger partial charge in [0, 0.05) is 11.6 Å². The fourth-order valence-electron chi connectivity index (χ4n) is 1.22. The molecule has 0 unspecified atom stereocenters. The van der Waals surface area contributed by atoms with Crippen molar-refractivity contribution < 1.29 is 13.2 Å². The minimum Gasteiger partial charge on any atom is -0.368 e. The van der Waals surface area contributed by atoms with Gasteiger partial charge >= 0.3 is 6.18 Å². The summed E-state index contributed by atoms with van der Waals surface area (Å²) < 4.78 is 37.0. The normalized spacial score (nSPS) is 11.9. The number of alkyl halides is 3. The molecule has 15 heavy (non-hydrogen) atoms. The van der Waals surface area contributed by atoms with E-state index in [1.54, 1.807) is 0 Å². The maximum absolute atomic E-state index is 12.3. The van der Waals surface area contributed by atoms with Crippen LogP contribution in [0.2, 0.25) is 0 Å². The molecule has 0 amide bonds. The Morgan fingerprint density at radius 3 is 2.60 bits per heavy atom. The highest BCUT2D eigenvalue weighted by molar-refractivity contribution is 5.79. The maximum Gasteiger partial charge on any atom is 0.416 e. The highest BCUT2D eigenvalue weighted by Gasteiger charge is 2.30. The monoisotopic (exact) mass is 213 g/mol. The van der Waals surface area contributed by atoms with Crippen molar-refractivity contribution in [2.75, 3.05) is 5.73 Å². The lowest BCUT2D eigenvalue weighted by Crippen LogP contribution is -2.04. The smallest absolute Gasteiger partial charge is 0.368 e. The van der Waals surface area contributed by atoms with Crippen LogP contribution in [0.25, 0.3) is 10.9 Å². The van der Waals surface area contributed by atoms with E-state index in [9.17, 15) is 13.2 Å². The van der Waals surface area contributed by atoms with E-state index in [0.29, 0.717) is 10.9 Å². The van der Waals surface area contributed by atoms with Crippen molar-refractivity contribution in [3.63, 3.8) is 0 Å². The number of anilines is 1. The van der Waals surface area contributed by atoms with E-state index >= 15 is 0 Å². The standard InChI is InChI=1S/C9H6F3N3/c10-9(11,12)6-1-2-7-5(3-6)4-14-8(13)15-7/h1-4H,(H2,13,14,15). The van der Waals surface area contributed by atoms with Crippen molar-refractivity contribution in [1.29, 1.82) is 0 Å². The molecule has 0 aliphatic heterocycles. The van der Waals surface area contributed by atoms with E-state index < -0.39 is 11.7 Å². The number of aromatic nitrogens is 2. The Kier molecular flexibility index (Phi) is 1.99. The zero-order chi connectivity index (χ0) is 11.1. The van der Waals surface area contributed by atoms with Crippen molar-refractivity contribution in [3.8, 4) is 0 Å². The molecule has 0 bridgehead atoms. The molecule has 78 valence electrons. The highest BCUT2D eigenvalue weighted by Crippen LogP contribution is 2.30. The first-order valence-corrected chi connectivity index (χ1v) is 4.06. The Bertz CT molecular complexity index is 507. The zero-order valence-corrected chi connectivity index (χ0v) is 7.42. The van der Waals surface area contributed by atoms with Crippen LogP contribution in [0.4, 0.5) is 19.1 Å². The minimum atomic E-state index is -4.35. The lowest BCUT2D eigenvalue weighted by molar-refractivity contribution is -0.137. The van der Waals surface area contributed by atoms with Crippen LogP contribution < -0.4 is 5.73 Å². The van der Waals surface area contributed by atoms with Gasteiger partial charge in [-0.3, -0.25) is 0 Å². The predicted octanol–water partition coefficient (Wildman–Crippen LogP) is 2.23. The Morgan fingerprint density at radius 2 is 1.93 bits per heavy atom. The first kappa shape index (κ1) is 9.70. The van der Waals surface area contributed by atoms with Gasteiger partial charge in [0.25, 0.3) is 0 Å². The Balaban J connectivity index is 2.62. The number of fused-ring (bicyclic) bond motifs is 1. The molecule has 0 fully saturated rings. The van der Waals surface area contributed by atoms with Crippen LogP contribution >= 0.6 is 0 Å². The second kappa shape index (κ2) is 3.08. The van der Waals surface area contributed by atoms with Gasteiger partial charge in [0.05, 0.1) is 11.1 Å². The van der Waals surface area contributed by atoms with Crippen LogP contribution in [-0.4, -0.2) is 9.97 Å². The minimum absolute atomic E-state index is 0.0438. The molecule has 2 N–H and O–H groups in total. The molecule has 3 nitrogen and oxygen atoms in total. The molecule has 0 aliphatic rings. The van der Waals surface area contributed by atoms with Crippen molar-refractivity contribution in [2.45, 2.75) is 6.18 Å². The summed E-state index contributed by atoms with van der Waals surface area (Å²) in [5.41, 5.74) is 4.98. The summed E-state index contributed by atoms with van der Waals surface area (Å²) in [5, 5.41) is 0.319. The number of hydrogen-bond acceptors (Lipinski definition) is 3. The fourth-order valence-corrected chi connectivity index (χ4v) is 1.22. The Morgan fingerprint density at radius 1 is 1.20 bits per heavy atom. The highest BCUT2D eigenvalue weighted by atomic mass is 19.4. The molecule has 2 aromatic rings. The SMILES string of the molecule is Nc1ncc2cc(C(F)(F)F)ccc2n1. The lowest BCUT2D eigenvalue weighted by atomic mass is 10.1. The van der Waals surface area contributed by atoms with E-state index in [2.05, 4.69) is 9.97 Å². The number of hydrogen-bond donors (Lipinski definition) is 1. The second-order valence-electron chi connectivity index (χ2n) is 3.00. The average Bonchev–Trinajstić information content (AvgIpc) is 2.15. The van der Waals surface area contributed by atoms with Crippen LogP contribution in [0.5, 0.6) is 0 Å². The molecule has 6 heteroatoms. The summed E-state index contributed by atoms with van der Waals surface area (Å²) in [7, 11) is 0. The summed E-state index contributed by atoms with van der Waals surface area (Å²) in [6, 6.07) is 3.24. The summed E-state index contributed by atoms with van der Waals surface area (Å²) in [6.07, 6.45) is -3.08. The molecule has 1 aromatic carbocycles. The second-order valence-corrected chi connectivity index (χ2v) is 3.00. The number of nitrogens with zero attached hydrogens (tertiary/aromatic N) is 2. The van der Waals surface area contributed by atoms with Crippen molar-refractivity contribution in [1.82, 2.24) is 9.97 Å². The molecule has 0 radical (unpaired) electrons. The number of nitrogen functional groups attached to an aromatic ring is 1. The first-order valence-electron chi connectivity index (χ1n) is 4.06. The van der Waals surface area contributed by atoms with E-state index in [-0.39, 0.29) is 5.95 Å². The van der Waals surface area contributed by atoms with Gasteiger partial charge in [-0.2, -0.15) is 13.2 Å². The molecule has 0 spiro atoms. The predicted molar refractivity (Wildman–Crippen MR) is 49.0 cm³/mol. The first-order chi connectivity index (χ1) is 6.97. The van der Waals surface area contributed by atoms with Gasteiger partial charge < -0.3 is 5.73 Å². The lowest BCUT2D eigenvalue weighted by Gasteiger charge is -2.06. The summed E-state index contributed by atoms with van der Waals surface area (Å²) in [4.78, 5) is 7.43. The van der Waals surface area contributed by atoms with E-state index in [4.69, 9.17) is 5.73 Å². The fraction of sp³-hybridized carbons (Fsp3) is 0.111. The van der Waals surface area contributed by atoms with Crippen molar-refractivity contribution in [2.24, 2.45) is 0 Å². The maximum atomic E-state index is 12.3. The van der Waals surface area contributed by atoms with Crippen molar-refractivity contribution in [3.05, 3.63) is 30.0 Å². The average molecular weight is 213 g/mol. The van der Waals surface area contributed by atoms with Crippen LogP contribution in [0.3, 0.4) is 0 Å². The molecular weight excluding hydrogens is 207 g/mol. The van der Waals surface area contributed by atoms with Gasteiger partial charge in [-0.15, -0.1) is 0 Å². The topological polar surface area (TPSA) is 51.8 Å². The quantitative estimate of drug-likeness (QED) is 0.730. The molecular formula is C9H6F3N3. The summed E-state index contributed by atoms with van der Waals surface area (Å²) in [6.45, 7) is 0. The van der Waals surface area contributed by atoms with Crippen LogP contribution in [0.15, 0.2) is 24.4 Å². The molecule has 0 saturated carbocycles. The third-order valence-electron chi connectivity index (χ3n) is 1.93. The molecule has 0 aliphatic carbocycles. The van der Waals surface area contributed by atoms with Gasteiger partial charge in [-0.1, -0.05) is 0 Å². The van der Waals surface area contributed by atoms with Gasteiger partial charge in [0.2, 0.25) is 5.95 Å². The van der Waals surface area contributed by atoms with E-state index in [0.717, 1.165) is 12.1 Å². The zero-order valence-electron chi connectivity index (χ0n) is 7.42. The Hall–Kier alpha value is -1.85. The number of nitrogens with two attached hydrogens (primary N) is 1. The number of halogens is 3. The largest absolute Gasteiger partial charge is 0.416 e. The number of benzene rings is 1. The van der Waals surface area contributed by atoms with E-state index in [1.165, 1.54) is 12.3 Å². The number of rotatable bonds is 0. The summed E-state index contributed by atoms with van der Waals surface area (Å²) in [5.74, 6) is 0.0438. The van der Waals surface area contributed by atoms with Crippen LogP contribution in [-0.2, 0) is 6.18 Å². The van der Waals surface area contributed by atoms with E-state index in [1.807, 2.05) is 0 Å². The van der Waals surface area contributed by atoms with Gasteiger partial charge in [0.1, 0.15) is 0 Å². The molecule has 2 rings (SSSR count). The molecule has 1 heterocycles.